The molecular weight excluding hydrogens is 242 g/mol. The summed E-state index contributed by atoms with van der Waals surface area (Å²) in [6, 6.07) is 0.0226. The van der Waals surface area contributed by atoms with Crippen LogP contribution in [0.25, 0.3) is 0 Å². The number of rotatable bonds is 5. The smallest absolute Gasteiger partial charge is 0.317 e. The van der Waals surface area contributed by atoms with Crippen molar-refractivity contribution in [2.45, 2.75) is 40.2 Å². The number of aliphatic hydroxyl groups excluding tert-OH is 1. The van der Waals surface area contributed by atoms with Crippen LogP contribution in [0, 0.1) is 5.41 Å². The highest BCUT2D eigenvalue weighted by atomic mass is 16.3. The van der Waals surface area contributed by atoms with Crippen molar-refractivity contribution in [3.8, 4) is 0 Å². The Bertz CT molecular complexity index is 284. The molecule has 0 bridgehead atoms. The van der Waals surface area contributed by atoms with Gasteiger partial charge in [0.15, 0.2) is 0 Å². The van der Waals surface area contributed by atoms with Gasteiger partial charge in [-0.25, -0.2) is 4.79 Å². The summed E-state index contributed by atoms with van der Waals surface area (Å²) >= 11 is 0. The van der Waals surface area contributed by atoms with Crippen LogP contribution in [0.1, 0.15) is 34.1 Å². The van der Waals surface area contributed by atoms with Crippen molar-refractivity contribution in [3.05, 3.63) is 0 Å². The molecule has 1 aliphatic rings. The summed E-state index contributed by atoms with van der Waals surface area (Å²) in [7, 11) is 0. The molecule has 1 rings (SSSR count). The Morgan fingerprint density at radius 3 is 2.37 bits per heavy atom. The fourth-order valence-electron chi connectivity index (χ4n) is 2.57. The molecule has 1 unspecified atom stereocenters. The average molecular weight is 271 g/mol. The molecule has 0 spiro atoms. The van der Waals surface area contributed by atoms with Gasteiger partial charge in [0.25, 0.3) is 0 Å². The quantitative estimate of drug-likeness (QED) is 0.788. The molecule has 1 fully saturated rings. The SMILES string of the molecule is CCN1CCN(C(=O)NCC(C)(C)CC(C)O)CC1. The monoisotopic (exact) mass is 271 g/mol. The standard InChI is InChI=1S/C14H29N3O2/c1-5-16-6-8-17(9-7-16)13(19)15-11-14(3,4)10-12(2)18/h12,18H,5-11H2,1-4H3,(H,15,19). The van der Waals surface area contributed by atoms with Gasteiger partial charge in [0.05, 0.1) is 6.10 Å². The van der Waals surface area contributed by atoms with Gasteiger partial charge in [-0.3, -0.25) is 0 Å². The van der Waals surface area contributed by atoms with E-state index in [9.17, 15) is 9.90 Å². The third kappa shape index (κ3) is 5.78. The number of carbonyl (C=O) groups excluding carboxylic acids is 1. The van der Waals surface area contributed by atoms with Crippen molar-refractivity contribution in [3.63, 3.8) is 0 Å². The zero-order valence-electron chi connectivity index (χ0n) is 12.8. The second-order valence-corrected chi connectivity index (χ2v) is 6.30. The molecule has 0 radical (unpaired) electrons. The van der Waals surface area contributed by atoms with Gasteiger partial charge in [-0.15, -0.1) is 0 Å². The number of piperazine rings is 1. The Hall–Kier alpha value is -0.810. The fourth-order valence-corrected chi connectivity index (χ4v) is 2.57. The van der Waals surface area contributed by atoms with Crippen LogP contribution < -0.4 is 5.32 Å². The molecule has 2 amide bonds. The topological polar surface area (TPSA) is 55.8 Å². The molecule has 1 heterocycles. The first-order chi connectivity index (χ1) is 8.84. The van der Waals surface area contributed by atoms with Crippen molar-refractivity contribution in [2.75, 3.05) is 39.3 Å². The van der Waals surface area contributed by atoms with Gasteiger partial charge in [-0.05, 0) is 25.3 Å². The predicted molar refractivity (Wildman–Crippen MR) is 77.2 cm³/mol. The lowest BCUT2D eigenvalue weighted by molar-refractivity contribution is 0.120. The van der Waals surface area contributed by atoms with Gasteiger partial charge in [-0.1, -0.05) is 20.8 Å². The van der Waals surface area contributed by atoms with E-state index in [1.807, 2.05) is 4.90 Å². The maximum atomic E-state index is 12.1. The molecule has 2 N–H and O–H groups in total. The maximum absolute atomic E-state index is 12.1. The highest BCUT2D eigenvalue weighted by Crippen LogP contribution is 2.21. The van der Waals surface area contributed by atoms with Gasteiger partial charge in [-0.2, -0.15) is 0 Å². The Morgan fingerprint density at radius 1 is 1.32 bits per heavy atom. The summed E-state index contributed by atoms with van der Waals surface area (Å²) in [4.78, 5) is 16.3. The zero-order chi connectivity index (χ0) is 14.5. The van der Waals surface area contributed by atoms with Crippen LogP contribution in [0.15, 0.2) is 0 Å². The first-order valence-corrected chi connectivity index (χ1v) is 7.27. The van der Waals surface area contributed by atoms with E-state index in [0.717, 1.165) is 32.7 Å². The molecule has 0 aromatic rings. The third-order valence-electron chi connectivity index (χ3n) is 3.67. The normalized spacial score (nSPS) is 19.3. The number of nitrogens with one attached hydrogen (secondary N) is 1. The number of hydrogen-bond acceptors (Lipinski definition) is 3. The summed E-state index contributed by atoms with van der Waals surface area (Å²) in [5.41, 5.74) is -0.0743. The number of nitrogens with zero attached hydrogens (tertiary/aromatic N) is 2. The van der Waals surface area contributed by atoms with Crippen LogP contribution in [-0.4, -0.2) is 66.3 Å². The van der Waals surface area contributed by atoms with E-state index in [-0.39, 0.29) is 17.6 Å². The lowest BCUT2D eigenvalue weighted by Crippen LogP contribution is -2.52. The predicted octanol–water partition coefficient (Wildman–Crippen LogP) is 1.13. The number of amides is 2. The highest BCUT2D eigenvalue weighted by Gasteiger charge is 2.24. The maximum Gasteiger partial charge on any atom is 0.317 e. The number of likely N-dealkylation sites (N-methyl/N-ethyl adjacent to an activating group) is 1. The second-order valence-electron chi connectivity index (χ2n) is 6.30. The summed E-state index contributed by atoms with van der Waals surface area (Å²) in [6.45, 7) is 13.2. The molecule has 19 heavy (non-hydrogen) atoms. The van der Waals surface area contributed by atoms with E-state index in [2.05, 4.69) is 31.0 Å². The minimum Gasteiger partial charge on any atom is -0.393 e. The van der Waals surface area contributed by atoms with E-state index in [0.29, 0.717) is 13.0 Å². The number of carbonyl (C=O) groups is 1. The van der Waals surface area contributed by atoms with E-state index in [4.69, 9.17) is 0 Å². The lowest BCUT2D eigenvalue weighted by Gasteiger charge is -2.35. The summed E-state index contributed by atoms with van der Waals surface area (Å²) in [6.07, 6.45) is 0.358. The molecule has 5 heteroatoms. The minimum absolute atomic E-state index is 0.0226. The van der Waals surface area contributed by atoms with Crippen LogP contribution in [0.2, 0.25) is 0 Å². The lowest BCUT2D eigenvalue weighted by atomic mass is 9.87. The summed E-state index contributed by atoms with van der Waals surface area (Å²) in [5.74, 6) is 0. The second kappa shape index (κ2) is 7.10. The molecule has 0 saturated carbocycles. The van der Waals surface area contributed by atoms with Crippen LogP contribution in [0.4, 0.5) is 4.79 Å². The molecule has 0 aromatic carbocycles. The first kappa shape index (κ1) is 16.2. The van der Waals surface area contributed by atoms with Crippen molar-refractivity contribution in [1.82, 2.24) is 15.1 Å². The van der Waals surface area contributed by atoms with Crippen LogP contribution in [-0.2, 0) is 0 Å². The average Bonchev–Trinajstić information content (AvgIpc) is 2.34. The highest BCUT2D eigenvalue weighted by molar-refractivity contribution is 5.74. The van der Waals surface area contributed by atoms with E-state index in [1.165, 1.54) is 0 Å². The molecule has 5 nitrogen and oxygen atoms in total. The summed E-state index contributed by atoms with van der Waals surface area (Å²) < 4.78 is 0. The van der Waals surface area contributed by atoms with Gasteiger partial charge in [0.2, 0.25) is 0 Å². The zero-order valence-corrected chi connectivity index (χ0v) is 12.8. The summed E-state index contributed by atoms with van der Waals surface area (Å²) in [5, 5.41) is 12.4. The number of hydrogen-bond donors (Lipinski definition) is 2. The van der Waals surface area contributed by atoms with Crippen molar-refractivity contribution in [2.24, 2.45) is 5.41 Å². The van der Waals surface area contributed by atoms with E-state index >= 15 is 0 Å². The molecule has 1 saturated heterocycles. The third-order valence-corrected chi connectivity index (χ3v) is 3.67. The molecule has 0 aliphatic carbocycles. The van der Waals surface area contributed by atoms with E-state index < -0.39 is 0 Å². The van der Waals surface area contributed by atoms with Crippen molar-refractivity contribution >= 4 is 6.03 Å². The molecular formula is C14H29N3O2. The van der Waals surface area contributed by atoms with Gasteiger partial charge in [0, 0.05) is 32.7 Å². The minimum atomic E-state index is -0.333. The largest absolute Gasteiger partial charge is 0.393 e. The molecule has 1 aliphatic heterocycles. The Morgan fingerprint density at radius 2 is 1.89 bits per heavy atom. The number of urea groups is 1. The number of aliphatic hydroxyl groups is 1. The molecule has 0 aromatic heterocycles. The Balaban J connectivity index is 2.32. The van der Waals surface area contributed by atoms with Gasteiger partial charge in [0.1, 0.15) is 0 Å². The van der Waals surface area contributed by atoms with Crippen LogP contribution in [0.5, 0.6) is 0 Å². The van der Waals surface area contributed by atoms with Crippen molar-refractivity contribution in [1.29, 1.82) is 0 Å². The van der Waals surface area contributed by atoms with Crippen molar-refractivity contribution < 1.29 is 9.90 Å². The van der Waals surface area contributed by atoms with Gasteiger partial charge < -0.3 is 20.2 Å². The Kier molecular flexibility index (Phi) is 6.07. The Labute approximate surface area is 117 Å². The molecule has 1 atom stereocenters. The first-order valence-electron chi connectivity index (χ1n) is 7.27. The molecule has 112 valence electrons. The fraction of sp³-hybridized carbons (Fsp3) is 0.929. The van der Waals surface area contributed by atoms with Crippen LogP contribution in [0.3, 0.4) is 0 Å². The van der Waals surface area contributed by atoms with E-state index in [1.54, 1.807) is 6.92 Å². The van der Waals surface area contributed by atoms with Gasteiger partial charge >= 0.3 is 6.03 Å². The van der Waals surface area contributed by atoms with Crippen LogP contribution >= 0.6 is 0 Å².